The summed E-state index contributed by atoms with van der Waals surface area (Å²) in [5, 5.41) is 15.0. The van der Waals surface area contributed by atoms with Crippen molar-refractivity contribution in [2.45, 2.75) is 112 Å². The van der Waals surface area contributed by atoms with E-state index in [1.807, 2.05) is 143 Å². The van der Waals surface area contributed by atoms with Crippen molar-refractivity contribution in [2.75, 3.05) is 131 Å². The van der Waals surface area contributed by atoms with E-state index in [4.69, 9.17) is 33.3 Å². The van der Waals surface area contributed by atoms with Crippen molar-refractivity contribution in [3.8, 4) is 68.0 Å². The number of aryl methyl sites for hydroxylation is 3. The normalized spacial score (nSPS) is 18.5. The van der Waals surface area contributed by atoms with E-state index >= 15 is 0 Å². The number of halogens is 2. The van der Waals surface area contributed by atoms with Crippen molar-refractivity contribution in [3.63, 3.8) is 0 Å². The maximum Gasteiger partial charge on any atom is 0.258 e. The summed E-state index contributed by atoms with van der Waals surface area (Å²) in [4.78, 5) is 122. The zero-order chi connectivity index (χ0) is 98.3. The van der Waals surface area contributed by atoms with Gasteiger partial charge in [-0.3, -0.25) is 46.0 Å². The van der Waals surface area contributed by atoms with Crippen LogP contribution in [0.3, 0.4) is 0 Å². The predicted molar refractivity (Wildman–Crippen MR) is 548 cm³/mol. The molecule has 3 aromatic carbocycles. The van der Waals surface area contributed by atoms with Crippen molar-refractivity contribution in [2.24, 2.45) is 0 Å². The largest absolute Gasteiger partial charge is 0.479 e. The second kappa shape index (κ2) is 40.4. The Kier molecular flexibility index (Phi) is 27.1. The number of methoxy groups -OCH3 is 2. The highest BCUT2D eigenvalue weighted by atomic mass is 32.1. The fourth-order valence-corrected chi connectivity index (χ4v) is 19.8. The molecule has 0 spiro atoms. The maximum absolute atomic E-state index is 14.0. The topological polar surface area (TPSA) is 349 Å². The van der Waals surface area contributed by atoms with E-state index in [0.29, 0.717) is 133 Å². The molecule has 0 bridgehead atoms. The number of hydrogen-bond donors (Lipinski definition) is 4. The molecule has 0 unspecified atom stereocenters. The van der Waals surface area contributed by atoms with Crippen LogP contribution in [-0.2, 0) is 0 Å². The number of pyridine rings is 7. The average Bonchev–Trinajstić information content (AvgIpc) is 1.76. The SMILES string of the molecule is COc1ncc(-c2cc(=O)n3cc(N4CCN[C@@H](C)C4)ccc3n2)cc1F.COc1ncc(-c2cc(=O)n3cc(N4C[C@@H](C)N[C@@H](C)C4)ccc3n2)cc1F.Cc1nc2cc(-c3cc(=O)n4cc(N5C[C@@H](C)N[C@@H](C)C5)ccc4n3)ccc2s1.Cc1nc2ccc(-c3cc(=O)n4cc(N5CCN(C)CC5)ccc4n3)cc2o1.Cc1nc2ccc(-c3cc(=O)n4cc(N5C[C@@H](C)N[C@@H](C)C5)ccc4n3)cc2o1. The minimum atomic E-state index is -0.598. The monoisotopic (exact) mass is 1920 g/mol. The minimum Gasteiger partial charge on any atom is -0.479 e. The van der Waals surface area contributed by atoms with Gasteiger partial charge < -0.3 is 69.0 Å². The Balaban J connectivity index is 0.000000112. The van der Waals surface area contributed by atoms with E-state index in [1.54, 1.807) is 55.0 Å². The zero-order valence-electron chi connectivity index (χ0n) is 80.5. The molecule has 23 rings (SSSR count). The van der Waals surface area contributed by atoms with Crippen molar-refractivity contribution >= 4 is 100 Å². The standard InChI is InChI=1S/C22H23N5O2.C22H23N5OS.C21H21N5O2.C20H22FN5O2.C19H20FN5O2/c1-13-10-26(11-14(2)23-13)17-5-7-21-25-19(9-22(28)27(21)12-17)16-4-6-18-20(8-16)29-15(3)24-18;1-13-10-26(11-14(2)23-13)17-5-7-21-25-18(9-22(28)27(21)12-17)16-4-6-20-19(8-16)24-15(3)29-20;1-14-22-17-5-3-15(11-19(17)28-14)18-12-21(27)26-13-16(4-6-20(26)23-18)25-9-7-24(2)8-10-25;1-12-9-25(10-13(2)23-12)15-4-5-18-24-17(7-19(27)26(18)11-15)14-6-16(21)20(28-3)22-8-14;1-12-10-24(6-5-21-12)14-3-4-17-23-16(8-18(26)25(17)11-14)13-7-15(20)19(27-2)22-9-13/h2*4-9,12-14,23H,10-11H2,1-3H3;3-6,11-13H,7-10H2,1-2H3;4-8,11-13,23H,9-10H2,1-3H3;3-4,7-9,11-12,21H,5-6,10H2,1-2H3/t2*13-,14+;;12-,13+;12-/m....0/s1. The van der Waals surface area contributed by atoms with Gasteiger partial charge in [0.2, 0.25) is 11.8 Å². The molecule has 5 aliphatic rings. The number of ether oxygens (including phenoxy) is 2. The van der Waals surface area contributed by atoms with E-state index < -0.39 is 11.6 Å². The second-order valence-electron chi connectivity index (χ2n) is 36.9. The number of anilines is 5. The lowest BCUT2D eigenvalue weighted by Gasteiger charge is -2.37. The summed E-state index contributed by atoms with van der Waals surface area (Å²) in [5.41, 5.74) is 17.3. The van der Waals surface area contributed by atoms with E-state index in [2.05, 4.69) is 153 Å². The summed E-state index contributed by atoms with van der Waals surface area (Å²) in [5.74, 6) is -0.140. The molecule has 5 aliphatic heterocycles. The lowest BCUT2D eigenvalue weighted by atomic mass is 10.1. The first-order valence-electron chi connectivity index (χ1n) is 47.1. The first kappa shape index (κ1) is 94.8. The third-order valence-electron chi connectivity index (χ3n) is 25.6. The van der Waals surface area contributed by atoms with Gasteiger partial charge in [0.05, 0.1) is 86.4 Å². The van der Waals surface area contributed by atoms with Gasteiger partial charge in [-0.2, -0.15) is 0 Å². The number of likely N-dealkylation sites (N-methyl/N-ethyl adjacent to an activating group) is 1. The predicted octanol–water partition coefficient (Wildman–Crippen LogP) is 12.8. The molecule has 724 valence electrons. The Morgan fingerprint density at radius 1 is 0.348 bits per heavy atom. The molecule has 141 heavy (non-hydrogen) atoms. The van der Waals surface area contributed by atoms with Gasteiger partial charge in [0.25, 0.3) is 27.8 Å². The summed E-state index contributed by atoms with van der Waals surface area (Å²) in [6.45, 7) is 32.8. The van der Waals surface area contributed by atoms with Crippen LogP contribution in [0.1, 0.15) is 65.3 Å². The molecule has 0 radical (unpaired) electrons. The first-order valence-corrected chi connectivity index (χ1v) is 47.9. The number of oxazole rings is 2. The van der Waals surface area contributed by atoms with Crippen LogP contribution >= 0.6 is 11.3 Å². The van der Waals surface area contributed by atoms with Gasteiger partial charge >= 0.3 is 0 Å². The highest BCUT2D eigenvalue weighted by Crippen LogP contribution is 2.33. The Morgan fingerprint density at radius 2 is 0.674 bits per heavy atom. The van der Waals surface area contributed by atoms with Gasteiger partial charge in [-0.1, -0.05) is 18.2 Å². The molecule has 0 amide bonds. The van der Waals surface area contributed by atoms with Crippen molar-refractivity contribution in [1.29, 1.82) is 0 Å². The van der Waals surface area contributed by atoms with Crippen molar-refractivity contribution < 1.29 is 27.1 Å². The number of hydrogen-bond acceptors (Lipinski definition) is 30. The molecule has 0 saturated carbocycles. The number of fused-ring (bicyclic) bond motifs is 8. The molecule has 20 heterocycles. The first-order chi connectivity index (χ1) is 68.0. The summed E-state index contributed by atoms with van der Waals surface area (Å²) in [6.07, 6.45) is 12.2. The van der Waals surface area contributed by atoms with Crippen molar-refractivity contribution in [1.82, 2.24) is 98.0 Å². The number of piperazine rings is 5. The fourth-order valence-electron chi connectivity index (χ4n) is 19.0. The number of aromatic nitrogens is 15. The van der Waals surface area contributed by atoms with Gasteiger partial charge in [0, 0.05) is 243 Å². The van der Waals surface area contributed by atoms with Crippen LogP contribution in [0.25, 0.3) is 117 Å². The molecule has 4 N–H and O–H groups in total. The molecule has 7 atom stereocenters. The third-order valence-corrected chi connectivity index (χ3v) is 26.5. The number of nitrogens with zero attached hydrogens (tertiary/aromatic N) is 21. The highest BCUT2D eigenvalue weighted by molar-refractivity contribution is 7.18. The van der Waals surface area contributed by atoms with Crippen LogP contribution in [-0.4, -0.2) is 225 Å². The van der Waals surface area contributed by atoms with E-state index in [1.165, 1.54) is 59.7 Å². The quantitative estimate of drug-likeness (QED) is 0.0882. The highest BCUT2D eigenvalue weighted by Gasteiger charge is 2.28. The number of nitrogens with one attached hydrogen (secondary N) is 4. The van der Waals surface area contributed by atoms with Crippen LogP contribution in [0, 0.1) is 32.4 Å². The molecule has 18 aromatic rings. The zero-order valence-corrected chi connectivity index (χ0v) is 81.3. The molecular weight excluding hydrogens is 1810 g/mol. The van der Waals surface area contributed by atoms with Crippen LogP contribution < -0.4 is 83.0 Å². The summed E-state index contributed by atoms with van der Waals surface area (Å²) in [7, 11) is 4.83. The van der Waals surface area contributed by atoms with E-state index in [0.717, 1.165) is 156 Å². The summed E-state index contributed by atoms with van der Waals surface area (Å²) in [6, 6.07) is 49.7. The fraction of sp³-hybridized carbons (Fsp3) is 0.317. The Labute approximate surface area is 812 Å². The van der Waals surface area contributed by atoms with Gasteiger partial charge in [-0.15, -0.1) is 11.3 Å². The smallest absolute Gasteiger partial charge is 0.258 e. The molecule has 34 nitrogen and oxygen atoms in total. The minimum absolute atomic E-state index is 0.0716. The molecule has 37 heteroatoms. The average molecular weight is 1920 g/mol. The summed E-state index contributed by atoms with van der Waals surface area (Å²) >= 11 is 1.67. The number of benzene rings is 3. The third kappa shape index (κ3) is 21.1. The van der Waals surface area contributed by atoms with E-state index in [-0.39, 0.29) is 39.6 Å². The number of thiazole rings is 1. The van der Waals surface area contributed by atoms with Gasteiger partial charge in [-0.05, 0) is 172 Å². The van der Waals surface area contributed by atoms with Crippen molar-refractivity contribution in [3.05, 3.63) is 281 Å². The lowest BCUT2D eigenvalue weighted by molar-refractivity contribution is 0.313. The van der Waals surface area contributed by atoms with Gasteiger partial charge in [-0.25, -0.2) is 58.6 Å². The van der Waals surface area contributed by atoms with Crippen LogP contribution in [0.15, 0.2) is 234 Å². The van der Waals surface area contributed by atoms with Gasteiger partial charge in [0.15, 0.2) is 34.6 Å². The maximum atomic E-state index is 14.0. The van der Waals surface area contributed by atoms with E-state index in [9.17, 15) is 32.8 Å². The molecular formula is C104H109F2N25O9S. The Hall–Kier alpha value is -15.2. The summed E-state index contributed by atoms with van der Waals surface area (Å²) < 4.78 is 57.8. The molecule has 5 saturated heterocycles. The number of rotatable bonds is 12. The Bertz CT molecular complexity index is 7870. The Morgan fingerprint density at radius 3 is 1.02 bits per heavy atom. The molecule has 0 aliphatic carbocycles. The van der Waals surface area contributed by atoms with Crippen LogP contribution in [0.2, 0.25) is 0 Å². The molecule has 5 fully saturated rings. The van der Waals surface area contributed by atoms with Crippen LogP contribution in [0.4, 0.5) is 37.2 Å². The van der Waals surface area contributed by atoms with Crippen LogP contribution in [0.5, 0.6) is 11.8 Å². The lowest BCUT2D eigenvalue weighted by Crippen LogP contribution is -2.54. The second-order valence-corrected chi connectivity index (χ2v) is 38.1. The molecule has 15 aromatic heterocycles. The van der Waals surface area contributed by atoms with Gasteiger partial charge in [0.1, 0.15) is 39.3 Å².